The molecule has 0 aromatic rings. The van der Waals surface area contributed by atoms with Crippen LogP contribution in [0.5, 0.6) is 0 Å². The van der Waals surface area contributed by atoms with E-state index in [-0.39, 0.29) is 17.3 Å². The van der Waals surface area contributed by atoms with Crippen molar-refractivity contribution in [2.45, 2.75) is 46.1 Å². The van der Waals surface area contributed by atoms with Crippen molar-refractivity contribution in [3.63, 3.8) is 0 Å². The predicted octanol–water partition coefficient (Wildman–Crippen LogP) is 1.18. The number of rotatable bonds is 4. The van der Waals surface area contributed by atoms with Crippen LogP contribution in [0.15, 0.2) is 5.16 Å². The standard InChI is InChI=1S/C13H25N3O3/c1-5-13(6-2,10(14)15-18)11(17)16-7-8-19-9-12(16,3)4/h18H,5-9H2,1-4H3,(H2,14,15). The monoisotopic (exact) mass is 271 g/mol. The minimum Gasteiger partial charge on any atom is -0.409 e. The SMILES string of the molecule is CCC(CC)(C(=O)N1CCOCC1(C)C)C(N)=NO. The second-order valence-electron chi connectivity index (χ2n) is 5.60. The van der Waals surface area contributed by atoms with Gasteiger partial charge in [-0.25, -0.2) is 0 Å². The van der Waals surface area contributed by atoms with E-state index < -0.39 is 5.41 Å². The van der Waals surface area contributed by atoms with Crippen molar-refractivity contribution < 1.29 is 14.7 Å². The van der Waals surface area contributed by atoms with E-state index >= 15 is 0 Å². The maximum absolute atomic E-state index is 12.9. The molecule has 1 saturated heterocycles. The van der Waals surface area contributed by atoms with E-state index in [1.54, 1.807) is 4.90 Å². The van der Waals surface area contributed by atoms with Gasteiger partial charge in [-0.3, -0.25) is 4.79 Å². The summed E-state index contributed by atoms with van der Waals surface area (Å²) < 4.78 is 5.43. The van der Waals surface area contributed by atoms with Crippen molar-refractivity contribution in [1.82, 2.24) is 4.90 Å². The zero-order chi connectivity index (χ0) is 14.7. The van der Waals surface area contributed by atoms with Crippen LogP contribution in [0, 0.1) is 5.41 Å². The molecule has 0 bridgehead atoms. The summed E-state index contributed by atoms with van der Waals surface area (Å²) in [7, 11) is 0. The maximum atomic E-state index is 12.9. The van der Waals surface area contributed by atoms with Gasteiger partial charge in [-0.2, -0.15) is 0 Å². The molecule has 3 N–H and O–H groups in total. The van der Waals surface area contributed by atoms with Crippen molar-refractivity contribution in [2.75, 3.05) is 19.8 Å². The third-order valence-electron chi connectivity index (χ3n) is 4.10. The lowest BCUT2D eigenvalue weighted by Crippen LogP contribution is -2.61. The van der Waals surface area contributed by atoms with Crippen LogP contribution in [0.4, 0.5) is 0 Å². The fraction of sp³-hybridized carbons (Fsp3) is 0.846. The third kappa shape index (κ3) is 2.68. The summed E-state index contributed by atoms with van der Waals surface area (Å²) in [6, 6.07) is 0. The van der Waals surface area contributed by atoms with Crippen molar-refractivity contribution in [1.29, 1.82) is 0 Å². The molecule has 0 spiro atoms. The summed E-state index contributed by atoms with van der Waals surface area (Å²) >= 11 is 0. The Bertz CT molecular complexity index is 362. The Hall–Kier alpha value is -1.30. The number of oxime groups is 1. The molecular weight excluding hydrogens is 246 g/mol. The summed E-state index contributed by atoms with van der Waals surface area (Å²) in [6.07, 6.45) is 1.01. The Balaban J connectivity index is 3.13. The summed E-state index contributed by atoms with van der Waals surface area (Å²) in [5.41, 5.74) is 4.49. The number of hydrogen-bond donors (Lipinski definition) is 2. The number of amidine groups is 1. The molecule has 110 valence electrons. The Morgan fingerprint density at radius 2 is 2.05 bits per heavy atom. The van der Waals surface area contributed by atoms with Gasteiger partial charge in [0, 0.05) is 6.54 Å². The van der Waals surface area contributed by atoms with Crippen molar-refractivity contribution >= 4 is 11.7 Å². The molecule has 0 aromatic carbocycles. The van der Waals surface area contributed by atoms with Gasteiger partial charge in [-0.05, 0) is 26.7 Å². The molecule has 0 saturated carbocycles. The fourth-order valence-corrected chi connectivity index (χ4v) is 2.61. The van der Waals surface area contributed by atoms with E-state index in [9.17, 15) is 4.79 Å². The van der Waals surface area contributed by atoms with Crippen LogP contribution >= 0.6 is 0 Å². The minimum absolute atomic E-state index is 0.00945. The van der Waals surface area contributed by atoms with E-state index in [1.807, 2.05) is 27.7 Å². The molecule has 1 fully saturated rings. The number of nitrogens with zero attached hydrogens (tertiary/aromatic N) is 2. The molecule has 1 aliphatic heterocycles. The molecule has 1 rings (SSSR count). The molecule has 1 amide bonds. The molecule has 6 heteroatoms. The van der Waals surface area contributed by atoms with Crippen molar-refractivity contribution in [3.05, 3.63) is 0 Å². The summed E-state index contributed by atoms with van der Waals surface area (Å²) in [5, 5.41) is 12.1. The first kappa shape index (κ1) is 15.8. The first-order chi connectivity index (χ1) is 8.85. The van der Waals surface area contributed by atoms with Crippen LogP contribution in [-0.4, -0.2) is 47.1 Å². The van der Waals surface area contributed by atoms with E-state index in [2.05, 4.69) is 5.16 Å². The molecule has 1 aliphatic rings. The molecule has 1 heterocycles. The highest BCUT2D eigenvalue weighted by atomic mass is 16.5. The van der Waals surface area contributed by atoms with Gasteiger partial charge in [-0.1, -0.05) is 19.0 Å². The van der Waals surface area contributed by atoms with Crippen LogP contribution in [0.1, 0.15) is 40.5 Å². The lowest BCUT2D eigenvalue weighted by molar-refractivity contribution is -0.154. The van der Waals surface area contributed by atoms with Crippen LogP contribution in [0.3, 0.4) is 0 Å². The number of hydrogen-bond acceptors (Lipinski definition) is 4. The van der Waals surface area contributed by atoms with E-state index in [0.29, 0.717) is 32.6 Å². The third-order valence-corrected chi connectivity index (χ3v) is 4.10. The van der Waals surface area contributed by atoms with Gasteiger partial charge in [0.2, 0.25) is 5.91 Å². The highest BCUT2D eigenvalue weighted by Gasteiger charge is 2.47. The molecule has 0 atom stereocenters. The van der Waals surface area contributed by atoms with Crippen LogP contribution in [-0.2, 0) is 9.53 Å². The van der Waals surface area contributed by atoms with Crippen LogP contribution in [0.25, 0.3) is 0 Å². The Labute approximate surface area is 114 Å². The Kier molecular flexibility index (Phi) is 4.79. The lowest BCUT2D eigenvalue weighted by Gasteiger charge is -2.46. The number of nitrogens with two attached hydrogens (primary N) is 1. The number of amides is 1. The second-order valence-corrected chi connectivity index (χ2v) is 5.60. The zero-order valence-corrected chi connectivity index (χ0v) is 12.3. The molecular formula is C13H25N3O3. The summed E-state index contributed by atoms with van der Waals surface area (Å²) in [6.45, 7) is 9.25. The number of carbonyl (C=O) groups is 1. The van der Waals surface area contributed by atoms with Gasteiger partial charge < -0.3 is 20.6 Å². The zero-order valence-electron chi connectivity index (χ0n) is 12.3. The maximum Gasteiger partial charge on any atom is 0.237 e. The van der Waals surface area contributed by atoms with Crippen LogP contribution in [0.2, 0.25) is 0 Å². The predicted molar refractivity (Wildman–Crippen MR) is 73.0 cm³/mol. The first-order valence-corrected chi connectivity index (χ1v) is 6.73. The summed E-state index contributed by atoms with van der Waals surface area (Å²) in [4.78, 5) is 14.7. The fourth-order valence-electron chi connectivity index (χ4n) is 2.61. The summed E-state index contributed by atoms with van der Waals surface area (Å²) in [5.74, 6) is -0.0918. The Morgan fingerprint density at radius 3 is 2.47 bits per heavy atom. The van der Waals surface area contributed by atoms with Gasteiger partial charge in [0.25, 0.3) is 0 Å². The van der Waals surface area contributed by atoms with Crippen molar-refractivity contribution in [3.8, 4) is 0 Å². The topological polar surface area (TPSA) is 88.2 Å². The number of ether oxygens (including phenoxy) is 1. The molecule has 0 radical (unpaired) electrons. The first-order valence-electron chi connectivity index (χ1n) is 6.73. The molecule has 6 nitrogen and oxygen atoms in total. The van der Waals surface area contributed by atoms with Crippen molar-refractivity contribution in [2.24, 2.45) is 16.3 Å². The normalized spacial score (nSPS) is 20.4. The highest BCUT2D eigenvalue weighted by molar-refractivity contribution is 6.06. The average Bonchev–Trinajstić information content (AvgIpc) is 2.39. The highest BCUT2D eigenvalue weighted by Crippen LogP contribution is 2.33. The quantitative estimate of drug-likeness (QED) is 0.348. The average molecular weight is 271 g/mol. The van der Waals surface area contributed by atoms with Crippen LogP contribution < -0.4 is 5.73 Å². The van der Waals surface area contributed by atoms with Gasteiger partial charge >= 0.3 is 0 Å². The molecule has 0 aliphatic carbocycles. The minimum atomic E-state index is -0.927. The largest absolute Gasteiger partial charge is 0.409 e. The van der Waals surface area contributed by atoms with Gasteiger partial charge in [0.15, 0.2) is 5.84 Å². The van der Waals surface area contributed by atoms with E-state index in [0.717, 1.165) is 0 Å². The number of carbonyl (C=O) groups excluding carboxylic acids is 1. The second kappa shape index (κ2) is 5.77. The van der Waals surface area contributed by atoms with Gasteiger partial charge in [0.05, 0.1) is 18.8 Å². The number of morpholine rings is 1. The van der Waals surface area contributed by atoms with Gasteiger partial charge in [0.1, 0.15) is 5.41 Å². The van der Waals surface area contributed by atoms with Gasteiger partial charge in [-0.15, -0.1) is 0 Å². The van der Waals surface area contributed by atoms with E-state index in [1.165, 1.54) is 0 Å². The van der Waals surface area contributed by atoms with E-state index in [4.69, 9.17) is 15.7 Å². The molecule has 19 heavy (non-hydrogen) atoms. The Morgan fingerprint density at radius 1 is 1.47 bits per heavy atom. The molecule has 0 unspecified atom stereocenters. The molecule has 0 aromatic heterocycles. The smallest absolute Gasteiger partial charge is 0.237 e. The lowest BCUT2D eigenvalue weighted by atomic mass is 9.78.